The van der Waals surface area contributed by atoms with Crippen molar-refractivity contribution in [2.45, 2.75) is 19.4 Å². The summed E-state index contributed by atoms with van der Waals surface area (Å²) < 4.78 is 0. The van der Waals surface area contributed by atoms with Crippen molar-refractivity contribution >= 4 is 34.8 Å². The number of non-ortho nitro benzene ring substituents is 1. The van der Waals surface area contributed by atoms with Crippen LogP contribution in [0, 0.1) is 10.1 Å². The van der Waals surface area contributed by atoms with Gasteiger partial charge in [-0.1, -0.05) is 11.6 Å². The predicted molar refractivity (Wildman–Crippen MR) is 73.3 cm³/mol. The van der Waals surface area contributed by atoms with Crippen LogP contribution >= 0.6 is 11.6 Å². The zero-order chi connectivity index (χ0) is 15.7. The Balaban J connectivity index is 3.23. The minimum Gasteiger partial charge on any atom is -0.397 e. The third-order valence-electron chi connectivity index (χ3n) is 2.61. The van der Waals surface area contributed by atoms with E-state index in [1.165, 1.54) is 13.8 Å². The lowest BCUT2D eigenvalue weighted by Crippen LogP contribution is -2.53. The number of nitro benzene ring substituents is 1. The number of benzene rings is 1. The average Bonchev–Trinajstić information content (AvgIpc) is 2.31. The molecular weight excluding hydrogens is 288 g/mol. The van der Waals surface area contributed by atoms with Crippen LogP contribution in [0.3, 0.4) is 0 Å². The van der Waals surface area contributed by atoms with Gasteiger partial charge in [0.1, 0.15) is 5.54 Å². The Labute approximate surface area is 119 Å². The van der Waals surface area contributed by atoms with E-state index in [-0.39, 0.29) is 22.0 Å². The first-order valence-electron chi connectivity index (χ1n) is 5.42. The Hall–Kier alpha value is -2.35. The standard InChI is InChI=1S/C11H13ClN4O4/c1-11(2,10(14)18)15-9(17)6-3-5(16(19)20)4-7(12)8(6)13/h3-4H,13H2,1-2H3,(H2,14,18)(H,15,17). The van der Waals surface area contributed by atoms with Crippen molar-refractivity contribution in [3.05, 3.63) is 32.8 Å². The van der Waals surface area contributed by atoms with Gasteiger partial charge in [-0.3, -0.25) is 19.7 Å². The van der Waals surface area contributed by atoms with Gasteiger partial charge in [0, 0.05) is 12.1 Å². The first-order valence-corrected chi connectivity index (χ1v) is 5.80. The Morgan fingerprint density at radius 3 is 2.40 bits per heavy atom. The Morgan fingerprint density at radius 2 is 1.95 bits per heavy atom. The molecule has 0 spiro atoms. The van der Waals surface area contributed by atoms with E-state index in [1.54, 1.807) is 0 Å². The van der Waals surface area contributed by atoms with Crippen molar-refractivity contribution in [1.82, 2.24) is 5.32 Å². The molecule has 108 valence electrons. The number of amides is 2. The molecule has 20 heavy (non-hydrogen) atoms. The van der Waals surface area contributed by atoms with Gasteiger partial charge in [-0.25, -0.2) is 0 Å². The minimum atomic E-state index is -1.33. The highest BCUT2D eigenvalue weighted by Crippen LogP contribution is 2.29. The minimum absolute atomic E-state index is 0.116. The first kappa shape index (κ1) is 15.7. The van der Waals surface area contributed by atoms with Gasteiger partial charge in [-0.05, 0) is 13.8 Å². The highest BCUT2D eigenvalue weighted by molar-refractivity contribution is 6.34. The molecule has 0 atom stereocenters. The molecule has 0 saturated carbocycles. The monoisotopic (exact) mass is 300 g/mol. The van der Waals surface area contributed by atoms with Crippen molar-refractivity contribution in [2.75, 3.05) is 5.73 Å². The molecule has 0 aliphatic carbocycles. The second-order valence-corrected chi connectivity index (χ2v) is 5.00. The Morgan fingerprint density at radius 1 is 1.40 bits per heavy atom. The van der Waals surface area contributed by atoms with Gasteiger partial charge in [0.25, 0.3) is 11.6 Å². The Kier molecular flexibility index (Phi) is 4.19. The number of halogens is 1. The summed E-state index contributed by atoms with van der Waals surface area (Å²) in [6.45, 7) is 2.78. The molecule has 0 unspecified atom stereocenters. The number of carbonyl (C=O) groups is 2. The van der Waals surface area contributed by atoms with E-state index in [0.717, 1.165) is 12.1 Å². The molecule has 8 nitrogen and oxygen atoms in total. The first-order chi connectivity index (χ1) is 9.06. The molecule has 0 fully saturated rings. The molecule has 0 bridgehead atoms. The van der Waals surface area contributed by atoms with Crippen LogP contribution in [0.2, 0.25) is 5.02 Å². The molecule has 2 amide bonds. The summed E-state index contributed by atoms with van der Waals surface area (Å²) in [4.78, 5) is 33.2. The van der Waals surface area contributed by atoms with E-state index in [0.29, 0.717) is 0 Å². The predicted octanol–water partition coefficient (Wildman–Crippen LogP) is 0.824. The maximum absolute atomic E-state index is 12.0. The van der Waals surface area contributed by atoms with Gasteiger partial charge in [0.15, 0.2) is 0 Å². The maximum Gasteiger partial charge on any atom is 0.271 e. The number of nitrogens with one attached hydrogen (secondary N) is 1. The molecule has 0 heterocycles. The molecule has 0 aromatic heterocycles. The van der Waals surface area contributed by atoms with Gasteiger partial charge in [-0.2, -0.15) is 0 Å². The number of nitrogens with zero attached hydrogens (tertiary/aromatic N) is 1. The number of carbonyl (C=O) groups excluding carboxylic acids is 2. The maximum atomic E-state index is 12.0. The van der Waals surface area contributed by atoms with E-state index >= 15 is 0 Å². The zero-order valence-electron chi connectivity index (χ0n) is 10.8. The lowest BCUT2D eigenvalue weighted by Gasteiger charge is -2.22. The average molecular weight is 301 g/mol. The van der Waals surface area contributed by atoms with E-state index in [2.05, 4.69) is 5.32 Å². The van der Waals surface area contributed by atoms with Crippen molar-refractivity contribution < 1.29 is 14.5 Å². The molecule has 1 aromatic carbocycles. The number of rotatable bonds is 4. The van der Waals surface area contributed by atoms with Crippen LogP contribution in [0.25, 0.3) is 0 Å². The summed E-state index contributed by atoms with van der Waals surface area (Å²) in [5.41, 5.74) is 8.71. The number of hydrogen-bond donors (Lipinski definition) is 3. The molecule has 0 saturated heterocycles. The zero-order valence-corrected chi connectivity index (χ0v) is 11.5. The Bertz CT molecular complexity index is 600. The van der Waals surface area contributed by atoms with Crippen LogP contribution in [0.15, 0.2) is 12.1 Å². The highest BCUT2D eigenvalue weighted by atomic mass is 35.5. The number of hydrogen-bond acceptors (Lipinski definition) is 5. The summed E-state index contributed by atoms with van der Waals surface area (Å²) >= 11 is 5.74. The highest BCUT2D eigenvalue weighted by Gasteiger charge is 2.29. The van der Waals surface area contributed by atoms with Crippen molar-refractivity contribution in [3.8, 4) is 0 Å². The lowest BCUT2D eigenvalue weighted by molar-refractivity contribution is -0.384. The van der Waals surface area contributed by atoms with Gasteiger partial charge in [0.05, 0.1) is 21.2 Å². The fourth-order valence-electron chi connectivity index (χ4n) is 1.31. The molecule has 0 aliphatic heterocycles. The van der Waals surface area contributed by atoms with Crippen LogP contribution in [-0.2, 0) is 4.79 Å². The van der Waals surface area contributed by atoms with Crippen molar-refractivity contribution in [2.24, 2.45) is 5.73 Å². The van der Waals surface area contributed by atoms with Gasteiger partial charge in [-0.15, -0.1) is 0 Å². The topological polar surface area (TPSA) is 141 Å². The normalized spacial score (nSPS) is 10.9. The van der Waals surface area contributed by atoms with Crippen LogP contribution in [-0.4, -0.2) is 22.3 Å². The van der Waals surface area contributed by atoms with Crippen LogP contribution in [0.1, 0.15) is 24.2 Å². The summed E-state index contributed by atoms with van der Waals surface area (Å²) in [5.74, 6) is -1.54. The molecule has 0 radical (unpaired) electrons. The third-order valence-corrected chi connectivity index (χ3v) is 2.92. The number of primary amides is 1. The van der Waals surface area contributed by atoms with E-state index < -0.39 is 22.3 Å². The third kappa shape index (κ3) is 3.15. The quantitative estimate of drug-likeness (QED) is 0.429. The SMILES string of the molecule is CC(C)(NC(=O)c1cc([N+](=O)[O-])cc(Cl)c1N)C(N)=O. The fraction of sp³-hybridized carbons (Fsp3) is 0.273. The summed E-state index contributed by atoms with van der Waals surface area (Å²) in [5, 5.41) is 12.9. The van der Waals surface area contributed by atoms with Crippen molar-refractivity contribution in [1.29, 1.82) is 0 Å². The van der Waals surface area contributed by atoms with Gasteiger partial charge < -0.3 is 16.8 Å². The van der Waals surface area contributed by atoms with Gasteiger partial charge in [0.2, 0.25) is 5.91 Å². The smallest absolute Gasteiger partial charge is 0.271 e. The second kappa shape index (κ2) is 5.33. The summed E-state index contributed by atoms with van der Waals surface area (Å²) in [6, 6.07) is 2.01. The summed E-state index contributed by atoms with van der Waals surface area (Å²) in [7, 11) is 0. The lowest BCUT2D eigenvalue weighted by atomic mass is 10.0. The largest absolute Gasteiger partial charge is 0.397 e. The van der Waals surface area contributed by atoms with Crippen LogP contribution in [0.5, 0.6) is 0 Å². The number of anilines is 1. The molecular formula is C11H13ClN4O4. The van der Waals surface area contributed by atoms with E-state index in [1.807, 2.05) is 0 Å². The fourth-order valence-corrected chi connectivity index (χ4v) is 1.52. The number of nitro groups is 1. The number of nitrogens with two attached hydrogens (primary N) is 2. The molecule has 1 aromatic rings. The second-order valence-electron chi connectivity index (χ2n) is 4.59. The molecule has 9 heteroatoms. The number of nitrogen functional groups attached to an aromatic ring is 1. The van der Waals surface area contributed by atoms with Crippen LogP contribution in [0.4, 0.5) is 11.4 Å². The summed E-state index contributed by atoms with van der Waals surface area (Å²) in [6.07, 6.45) is 0. The van der Waals surface area contributed by atoms with Crippen LogP contribution < -0.4 is 16.8 Å². The van der Waals surface area contributed by atoms with E-state index in [4.69, 9.17) is 23.1 Å². The molecule has 1 rings (SSSR count). The van der Waals surface area contributed by atoms with Crippen molar-refractivity contribution in [3.63, 3.8) is 0 Å². The van der Waals surface area contributed by atoms with Gasteiger partial charge >= 0.3 is 0 Å². The molecule has 5 N–H and O–H groups in total. The molecule has 0 aliphatic rings. The van der Waals surface area contributed by atoms with E-state index in [9.17, 15) is 19.7 Å².